The molecule has 0 saturated carbocycles. The number of carbonyl (C=O) groups excluding carboxylic acids is 2. The van der Waals surface area contributed by atoms with Crippen molar-refractivity contribution in [3.63, 3.8) is 0 Å². The van der Waals surface area contributed by atoms with Gasteiger partial charge in [-0.2, -0.15) is 0 Å². The average Bonchev–Trinajstić information content (AvgIpc) is 3.17. The van der Waals surface area contributed by atoms with E-state index in [2.05, 4.69) is 16.0 Å². The molecule has 2 fully saturated rings. The quantitative estimate of drug-likeness (QED) is 0.547. The van der Waals surface area contributed by atoms with Gasteiger partial charge in [-0.15, -0.1) is 0 Å². The lowest BCUT2D eigenvalue weighted by Crippen LogP contribution is -2.44. The van der Waals surface area contributed by atoms with Crippen molar-refractivity contribution in [1.82, 2.24) is 16.0 Å². The number of ether oxygens (including phenoxy) is 2. The van der Waals surface area contributed by atoms with E-state index < -0.39 is 18.3 Å². The molecule has 5 atom stereocenters. The van der Waals surface area contributed by atoms with Crippen molar-refractivity contribution in [1.29, 1.82) is 0 Å². The van der Waals surface area contributed by atoms with Crippen LogP contribution >= 0.6 is 0 Å². The lowest BCUT2D eigenvalue weighted by molar-refractivity contribution is -0.125. The third kappa shape index (κ3) is 5.43. The molecule has 28 heavy (non-hydrogen) atoms. The Morgan fingerprint density at radius 1 is 1.18 bits per heavy atom. The Kier molecular flexibility index (Phi) is 6.88. The summed E-state index contributed by atoms with van der Waals surface area (Å²) in [6.45, 7) is 4.43. The van der Waals surface area contributed by atoms with Gasteiger partial charge in [-0.05, 0) is 19.4 Å². The molecule has 0 unspecified atom stereocenters. The van der Waals surface area contributed by atoms with Gasteiger partial charge in [0, 0.05) is 25.6 Å². The molecule has 1 aromatic rings. The van der Waals surface area contributed by atoms with Crippen LogP contribution in [-0.4, -0.2) is 60.2 Å². The number of benzene rings is 1. The standard InChI is InChI=1S/C20H29N3O5/c1-12(2)23-17(24)9-14-8-15-19(27-14)18(25)16(28-15)11-22-20(26)21-10-13-6-4-3-5-7-13/h3-7,12,14-16,18-19,25H,8-11H2,1-2H3,(H,23,24)(H2,21,22,26)/t14-,15+,16+,18+,19-/m0/s1. The molecule has 0 spiro atoms. The van der Waals surface area contributed by atoms with E-state index in [1.165, 1.54) is 0 Å². The maximum atomic E-state index is 12.0. The van der Waals surface area contributed by atoms with Gasteiger partial charge in [-0.1, -0.05) is 30.3 Å². The van der Waals surface area contributed by atoms with Crippen LogP contribution in [0.25, 0.3) is 0 Å². The van der Waals surface area contributed by atoms with Crippen molar-refractivity contribution in [3.8, 4) is 0 Å². The summed E-state index contributed by atoms with van der Waals surface area (Å²) in [5.41, 5.74) is 1.00. The fourth-order valence-electron chi connectivity index (χ4n) is 3.63. The van der Waals surface area contributed by atoms with Gasteiger partial charge in [0.2, 0.25) is 5.91 Å². The number of aliphatic hydroxyl groups excluding tert-OH is 1. The van der Waals surface area contributed by atoms with Gasteiger partial charge >= 0.3 is 6.03 Å². The predicted molar refractivity (Wildman–Crippen MR) is 103 cm³/mol. The number of fused-ring (bicyclic) bond motifs is 1. The van der Waals surface area contributed by atoms with E-state index in [1.807, 2.05) is 44.2 Å². The normalized spacial score (nSPS) is 28.8. The maximum absolute atomic E-state index is 12.0. The topological polar surface area (TPSA) is 109 Å². The minimum absolute atomic E-state index is 0.0669. The summed E-state index contributed by atoms with van der Waals surface area (Å²) in [5.74, 6) is -0.0669. The van der Waals surface area contributed by atoms with Crippen molar-refractivity contribution in [2.45, 2.75) is 69.8 Å². The van der Waals surface area contributed by atoms with Crippen LogP contribution in [0.4, 0.5) is 4.79 Å². The smallest absolute Gasteiger partial charge is 0.315 e. The molecule has 0 bridgehead atoms. The molecule has 2 aliphatic rings. The van der Waals surface area contributed by atoms with Crippen LogP contribution in [0.15, 0.2) is 30.3 Å². The summed E-state index contributed by atoms with van der Waals surface area (Å²) < 4.78 is 11.7. The molecule has 3 rings (SSSR count). The molecule has 3 amide bonds. The number of nitrogens with one attached hydrogen (secondary N) is 3. The van der Waals surface area contributed by atoms with Crippen LogP contribution in [0, 0.1) is 0 Å². The molecule has 0 radical (unpaired) electrons. The molecular formula is C20H29N3O5. The molecule has 2 saturated heterocycles. The minimum atomic E-state index is -0.836. The molecule has 0 aromatic heterocycles. The van der Waals surface area contributed by atoms with E-state index in [-0.39, 0.29) is 43.2 Å². The van der Waals surface area contributed by atoms with Gasteiger partial charge in [-0.25, -0.2) is 4.79 Å². The second-order valence-corrected chi connectivity index (χ2v) is 7.64. The van der Waals surface area contributed by atoms with E-state index in [0.717, 1.165) is 5.56 Å². The van der Waals surface area contributed by atoms with Crippen LogP contribution in [-0.2, 0) is 20.8 Å². The molecule has 0 aliphatic carbocycles. The molecule has 8 nitrogen and oxygen atoms in total. The predicted octanol–water partition coefficient (Wildman–Crippen LogP) is 0.686. The first-order valence-electron chi connectivity index (χ1n) is 9.76. The zero-order valence-electron chi connectivity index (χ0n) is 16.3. The number of urea groups is 1. The zero-order valence-corrected chi connectivity index (χ0v) is 16.3. The highest BCUT2D eigenvalue weighted by molar-refractivity contribution is 5.76. The van der Waals surface area contributed by atoms with E-state index in [9.17, 15) is 14.7 Å². The van der Waals surface area contributed by atoms with Crippen molar-refractivity contribution in [3.05, 3.63) is 35.9 Å². The number of hydrogen-bond donors (Lipinski definition) is 4. The Hall–Kier alpha value is -2.16. The first-order chi connectivity index (χ1) is 13.4. The summed E-state index contributed by atoms with van der Waals surface area (Å²) >= 11 is 0. The Morgan fingerprint density at radius 2 is 1.93 bits per heavy atom. The Morgan fingerprint density at radius 3 is 2.61 bits per heavy atom. The highest BCUT2D eigenvalue weighted by atomic mass is 16.6. The third-order valence-corrected chi connectivity index (χ3v) is 4.90. The number of amides is 3. The van der Waals surface area contributed by atoms with Gasteiger partial charge in [0.05, 0.1) is 18.6 Å². The van der Waals surface area contributed by atoms with Gasteiger partial charge in [0.15, 0.2) is 0 Å². The monoisotopic (exact) mass is 391 g/mol. The molecular weight excluding hydrogens is 362 g/mol. The van der Waals surface area contributed by atoms with Gasteiger partial charge in [-0.3, -0.25) is 4.79 Å². The highest BCUT2D eigenvalue weighted by Gasteiger charge is 2.50. The molecule has 2 aliphatic heterocycles. The third-order valence-electron chi connectivity index (χ3n) is 4.90. The summed E-state index contributed by atoms with van der Waals surface area (Å²) in [6.07, 6.45) is -1.52. The molecule has 4 N–H and O–H groups in total. The summed E-state index contributed by atoms with van der Waals surface area (Å²) in [6, 6.07) is 9.37. The molecule has 8 heteroatoms. The van der Waals surface area contributed by atoms with Gasteiger partial charge in [0.25, 0.3) is 0 Å². The van der Waals surface area contributed by atoms with Crippen molar-refractivity contribution in [2.24, 2.45) is 0 Å². The Labute approximate surface area is 165 Å². The van der Waals surface area contributed by atoms with E-state index in [0.29, 0.717) is 13.0 Å². The minimum Gasteiger partial charge on any atom is -0.388 e. The lowest BCUT2D eigenvalue weighted by atomic mass is 10.1. The van der Waals surface area contributed by atoms with Crippen molar-refractivity contribution >= 4 is 11.9 Å². The molecule has 2 heterocycles. The van der Waals surface area contributed by atoms with Crippen LogP contribution in [0.1, 0.15) is 32.3 Å². The maximum Gasteiger partial charge on any atom is 0.315 e. The first-order valence-corrected chi connectivity index (χ1v) is 9.76. The van der Waals surface area contributed by atoms with Crippen molar-refractivity contribution < 1.29 is 24.2 Å². The summed E-state index contributed by atoms with van der Waals surface area (Å²) in [7, 11) is 0. The van der Waals surface area contributed by atoms with Gasteiger partial charge in [0.1, 0.15) is 18.3 Å². The second kappa shape index (κ2) is 9.36. The zero-order chi connectivity index (χ0) is 20.1. The SMILES string of the molecule is CC(C)NC(=O)C[C@@H]1C[C@H]2O[C@H](CNC(=O)NCc3ccccc3)[C@@H](O)[C@H]2O1. The highest BCUT2D eigenvalue weighted by Crippen LogP contribution is 2.35. The lowest BCUT2D eigenvalue weighted by Gasteiger charge is -2.20. The molecule has 1 aromatic carbocycles. The fraction of sp³-hybridized carbons (Fsp3) is 0.600. The van der Waals surface area contributed by atoms with Crippen LogP contribution in [0.2, 0.25) is 0 Å². The summed E-state index contributed by atoms with van der Waals surface area (Å²) in [5, 5.41) is 18.8. The van der Waals surface area contributed by atoms with Crippen LogP contribution in [0.5, 0.6) is 0 Å². The number of rotatable bonds is 7. The second-order valence-electron chi connectivity index (χ2n) is 7.64. The largest absolute Gasteiger partial charge is 0.388 e. The van der Waals surface area contributed by atoms with E-state index in [1.54, 1.807) is 0 Å². The van der Waals surface area contributed by atoms with Crippen LogP contribution in [0.3, 0.4) is 0 Å². The van der Waals surface area contributed by atoms with E-state index >= 15 is 0 Å². The fourth-order valence-corrected chi connectivity index (χ4v) is 3.63. The average molecular weight is 391 g/mol. The summed E-state index contributed by atoms with van der Waals surface area (Å²) in [4.78, 5) is 23.8. The number of carbonyl (C=O) groups is 2. The number of aliphatic hydroxyl groups is 1. The molecule has 154 valence electrons. The van der Waals surface area contributed by atoms with Crippen molar-refractivity contribution in [2.75, 3.05) is 6.54 Å². The van der Waals surface area contributed by atoms with Crippen LogP contribution < -0.4 is 16.0 Å². The Balaban J connectivity index is 1.38. The number of hydrogen-bond acceptors (Lipinski definition) is 5. The first kappa shape index (κ1) is 20.6. The van der Waals surface area contributed by atoms with Gasteiger partial charge < -0.3 is 30.5 Å². The van der Waals surface area contributed by atoms with E-state index in [4.69, 9.17) is 9.47 Å². The Bertz CT molecular complexity index is 669.